The summed E-state index contributed by atoms with van der Waals surface area (Å²) in [6.07, 6.45) is 3.63. The second kappa shape index (κ2) is 9.65. The molecule has 33 heavy (non-hydrogen) atoms. The predicted octanol–water partition coefficient (Wildman–Crippen LogP) is 5.21. The highest BCUT2D eigenvalue weighted by Gasteiger charge is 2.23. The van der Waals surface area contributed by atoms with Crippen molar-refractivity contribution in [3.8, 4) is 22.5 Å². The van der Waals surface area contributed by atoms with E-state index in [2.05, 4.69) is 34.5 Å². The van der Waals surface area contributed by atoms with Crippen LogP contribution in [0.2, 0.25) is 0 Å². The van der Waals surface area contributed by atoms with E-state index in [0.717, 1.165) is 54.3 Å². The molecular weight excluding hydrogens is 408 g/mol. The SMILES string of the molecule is O=C(NC1CCN(c2cnc(-c3ccccc3)c(-c3ccccc3)n2)CC1)c1ccccc1. The third-order valence-electron chi connectivity index (χ3n) is 6.04. The minimum Gasteiger partial charge on any atom is -0.355 e. The van der Waals surface area contributed by atoms with Gasteiger partial charge < -0.3 is 10.2 Å². The highest BCUT2D eigenvalue weighted by atomic mass is 16.1. The lowest BCUT2D eigenvalue weighted by Crippen LogP contribution is -2.45. The topological polar surface area (TPSA) is 58.1 Å². The molecule has 0 radical (unpaired) electrons. The molecule has 5 nitrogen and oxygen atoms in total. The summed E-state index contributed by atoms with van der Waals surface area (Å²) in [7, 11) is 0. The highest BCUT2D eigenvalue weighted by molar-refractivity contribution is 5.94. The molecule has 0 unspecified atom stereocenters. The zero-order chi connectivity index (χ0) is 22.5. The molecule has 1 aromatic heterocycles. The zero-order valence-electron chi connectivity index (χ0n) is 18.4. The van der Waals surface area contributed by atoms with Gasteiger partial charge in [-0.2, -0.15) is 0 Å². The first-order chi connectivity index (χ1) is 16.3. The smallest absolute Gasteiger partial charge is 0.251 e. The average Bonchev–Trinajstić information content (AvgIpc) is 2.90. The van der Waals surface area contributed by atoms with E-state index in [1.807, 2.05) is 72.9 Å². The predicted molar refractivity (Wildman–Crippen MR) is 132 cm³/mol. The van der Waals surface area contributed by atoms with Gasteiger partial charge in [0.05, 0.1) is 17.6 Å². The summed E-state index contributed by atoms with van der Waals surface area (Å²) in [5, 5.41) is 3.17. The van der Waals surface area contributed by atoms with Crippen molar-refractivity contribution < 1.29 is 4.79 Å². The van der Waals surface area contributed by atoms with Crippen molar-refractivity contribution >= 4 is 11.7 Å². The molecule has 0 saturated carbocycles. The number of anilines is 1. The van der Waals surface area contributed by atoms with Crippen LogP contribution in [-0.2, 0) is 0 Å². The van der Waals surface area contributed by atoms with Crippen LogP contribution in [0.25, 0.3) is 22.5 Å². The lowest BCUT2D eigenvalue weighted by Gasteiger charge is -2.33. The molecular formula is C28H26N4O. The molecule has 2 heterocycles. The Hall–Kier alpha value is -3.99. The number of amides is 1. The lowest BCUT2D eigenvalue weighted by atomic mass is 10.0. The molecule has 4 aromatic rings. The van der Waals surface area contributed by atoms with Crippen LogP contribution < -0.4 is 10.2 Å². The number of carbonyl (C=O) groups excluding carboxylic acids is 1. The number of aromatic nitrogens is 2. The summed E-state index contributed by atoms with van der Waals surface area (Å²) in [6.45, 7) is 1.65. The molecule has 1 saturated heterocycles. The van der Waals surface area contributed by atoms with Crippen LogP contribution in [-0.4, -0.2) is 35.0 Å². The Morgan fingerprint density at radius 3 is 1.91 bits per heavy atom. The number of nitrogens with zero attached hydrogens (tertiary/aromatic N) is 3. The number of nitrogens with one attached hydrogen (secondary N) is 1. The summed E-state index contributed by atoms with van der Waals surface area (Å²) < 4.78 is 0. The molecule has 0 bridgehead atoms. The maximum Gasteiger partial charge on any atom is 0.251 e. The average molecular weight is 435 g/mol. The van der Waals surface area contributed by atoms with Crippen molar-refractivity contribution in [1.29, 1.82) is 0 Å². The van der Waals surface area contributed by atoms with Gasteiger partial charge in [-0.3, -0.25) is 9.78 Å². The van der Waals surface area contributed by atoms with Gasteiger partial charge in [0.2, 0.25) is 0 Å². The van der Waals surface area contributed by atoms with Crippen LogP contribution in [0.1, 0.15) is 23.2 Å². The summed E-state index contributed by atoms with van der Waals surface area (Å²) >= 11 is 0. The maximum absolute atomic E-state index is 12.5. The van der Waals surface area contributed by atoms with Gasteiger partial charge in [0.1, 0.15) is 5.82 Å². The third-order valence-corrected chi connectivity index (χ3v) is 6.04. The van der Waals surface area contributed by atoms with E-state index in [-0.39, 0.29) is 11.9 Å². The zero-order valence-corrected chi connectivity index (χ0v) is 18.4. The molecule has 5 heteroatoms. The minimum atomic E-state index is -0.00702. The Kier molecular flexibility index (Phi) is 6.11. The Balaban J connectivity index is 1.34. The van der Waals surface area contributed by atoms with Gasteiger partial charge in [-0.05, 0) is 25.0 Å². The van der Waals surface area contributed by atoms with Crippen molar-refractivity contribution in [3.05, 3.63) is 103 Å². The van der Waals surface area contributed by atoms with Crippen LogP contribution >= 0.6 is 0 Å². The normalized spacial score (nSPS) is 14.1. The minimum absolute atomic E-state index is 0.00702. The van der Waals surface area contributed by atoms with Gasteiger partial charge >= 0.3 is 0 Å². The number of hydrogen-bond donors (Lipinski definition) is 1. The van der Waals surface area contributed by atoms with Gasteiger partial charge in [-0.15, -0.1) is 0 Å². The number of piperidine rings is 1. The number of benzene rings is 3. The second-order valence-electron chi connectivity index (χ2n) is 8.26. The summed E-state index contributed by atoms with van der Waals surface area (Å²) in [5.74, 6) is 0.869. The van der Waals surface area contributed by atoms with E-state index < -0.39 is 0 Å². The molecule has 164 valence electrons. The molecule has 0 aliphatic carbocycles. The highest BCUT2D eigenvalue weighted by Crippen LogP contribution is 2.31. The second-order valence-corrected chi connectivity index (χ2v) is 8.26. The quantitative estimate of drug-likeness (QED) is 0.469. The van der Waals surface area contributed by atoms with E-state index in [1.165, 1.54) is 0 Å². The van der Waals surface area contributed by atoms with Crippen molar-refractivity contribution in [2.75, 3.05) is 18.0 Å². The van der Waals surface area contributed by atoms with Crippen LogP contribution in [0, 0.1) is 0 Å². The number of rotatable bonds is 5. The Morgan fingerprint density at radius 1 is 0.758 bits per heavy atom. The fourth-order valence-corrected chi connectivity index (χ4v) is 4.25. The molecule has 1 N–H and O–H groups in total. The van der Waals surface area contributed by atoms with Crippen molar-refractivity contribution in [2.45, 2.75) is 18.9 Å². The Bertz CT molecular complexity index is 1200. The molecule has 1 fully saturated rings. The summed E-state index contributed by atoms with van der Waals surface area (Å²) in [4.78, 5) is 24.6. The molecule has 1 amide bonds. The van der Waals surface area contributed by atoms with Crippen LogP contribution in [0.4, 0.5) is 5.82 Å². The van der Waals surface area contributed by atoms with Gasteiger partial charge in [0.15, 0.2) is 0 Å². The van der Waals surface area contributed by atoms with Gasteiger partial charge in [0.25, 0.3) is 5.91 Å². The molecule has 0 spiro atoms. The van der Waals surface area contributed by atoms with E-state index in [0.29, 0.717) is 5.56 Å². The monoisotopic (exact) mass is 434 g/mol. The first-order valence-electron chi connectivity index (χ1n) is 11.4. The van der Waals surface area contributed by atoms with Gasteiger partial charge in [0, 0.05) is 35.8 Å². The first-order valence-corrected chi connectivity index (χ1v) is 11.4. The molecule has 1 aliphatic rings. The van der Waals surface area contributed by atoms with Crippen molar-refractivity contribution in [2.24, 2.45) is 0 Å². The van der Waals surface area contributed by atoms with Gasteiger partial charge in [-0.25, -0.2) is 4.98 Å². The van der Waals surface area contributed by atoms with Gasteiger partial charge in [-0.1, -0.05) is 78.9 Å². The van der Waals surface area contributed by atoms with E-state index in [9.17, 15) is 4.79 Å². The molecule has 1 aliphatic heterocycles. The lowest BCUT2D eigenvalue weighted by molar-refractivity contribution is 0.0931. The van der Waals surface area contributed by atoms with Crippen LogP contribution in [0.3, 0.4) is 0 Å². The summed E-state index contributed by atoms with van der Waals surface area (Å²) in [6, 6.07) is 30.0. The largest absolute Gasteiger partial charge is 0.355 e. The van der Waals surface area contributed by atoms with E-state index in [1.54, 1.807) is 0 Å². The fraction of sp³-hybridized carbons (Fsp3) is 0.179. The Labute approximate surface area is 194 Å². The van der Waals surface area contributed by atoms with Crippen LogP contribution in [0.15, 0.2) is 97.2 Å². The molecule has 0 atom stereocenters. The summed E-state index contributed by atoms with van der Waals surface area (Å²) in [5.41, 5.74) is 4.58. The first kappa shape index (κ1) is 20.9. The Morgan fingerprint density at radius 2 is 1.30 bits per heavy atom. The number of hydrogen-bond acceptors (Lipinski definition) is 4. The third kappa shape index (κ3) is 4.77. The fourth-order valence-electron chi connectivity index (χ4n) is 4.25. The van der Waals surface area contributed by atoms with E-state index >= 15 is 0 Å². The number of carbonyl (C=O) groups is 1. The molecule has 5 rings (SSSR count). The van der Waals surface area contributed by atoms with Crippen molar-refractivity contribution in [1.82, 2.24) is 15.3 Å². The standard InChI is InChI=1S/C28H26N4O/c33-28(23-14-8-3-9-15-23)30-24-16-18-32(19-17-24)25-20-29-26(21-10-4-1-5-11-21)27(31-25)22-12-6-2-7-13-22/h1-15,20,24H,16-19H2,(H,30,33). The maximum atomic E-state index is 12.5. The molecule has 3 aromatic carbocycles. The van der Waals surface area contributed by atoms with Crippen molar-refractivity contribution in [3.63, 3.8) is 0 Å². The van der Waals surface area contributed by atoms with Crippen LogP contribution in [0.5, 0.6) is 0 Å². The van der Waals surface area contributed by atoms with E-state index in [4.69, 9.17) is 9.97 Å².